The van der Waals surface area contributed by atoms with Gasteiger partial charge in [0.2, 0.25) is 0 Å². The van der Waals surface area contributed by atoms with E-state index in [1.807, 2.05) is 13.0 Å². The summed E-state index contributed by atoms with van der Waals surface area (Å²) >= 11 is 0. The third-order valence-electron chi connectivity index (χ3n) is 4.22. The van der Waals surface area contributed by atoms with Crippen molar-refractivity contribution < 1.29 is 5.11 Å². The lowest BCUT2D eigenvalue weighted by atomic mass is 9.77. The molecule has 4 nitrogen and oxygen atoms in total. The van der Waals surface area contributed by atoms with E-state index in [0.29, 0.717) is 11.5 Å². The Balaban J connectivity index is 2.11. The fourth-order valence-electron chi connectivity index (χ4n) is 3.04. The molecule has 104 valence electrons. The molecule has 1 N–H and O–H groups in total. The fourth-order valence-corrected chi connectivity index (χ4v) is 3.04. The highest BCUT2D eigenvalue weighted by Crippen LogP contribution is 2.42. The normalized spacial score (nSPS) is 25.7. The third-order valence-corrected chi connectivity index (χ3v) is 4.22. The summed E-state index contributed by atoms with van der Waals surface area (Å²) < 4.78 is 2.05. The molecular formula is C16H19N3O. The minimum Gasteiger partial charge on any atom is -0.390 e. The van der Waals surface area contributed by atoms with Crippen LogP contribution in [0, 0.1) is 11.3 Å². The molecule has 3 rings (SSSR count). The standard InChI is InChI=1S/C16H19N3O/c1-10(2)11-4-12(8-17)15-14(5-11)18-9-19(15)13-6-16(3,20)7-13/h4-5,9-10,13,20H,6-7H2,1-3H3. The maximum absolute atomic E-state index is 9.90. The highest BCUT2D eigenvalue weighted by atomic mass is 16.3. The number of nitrogens with zero attached hydrogens (tertiary/aromatic N) is 3. The lowest BCUT2D eigenvalue weighted by Gasteiger charge is -2.41. The first-order valence-corrected chi connectivity index (χ1v) is 7.04. The second kappa shape index (κ2) is 4.32. The van der Waals surface area contributed by atoms with E-state index in [9.17, 15) is 10.4 Å². The molecule has 1 aliphatic carbocycles. The molecule has 1 aliphatic rings. The topological polar surface area (TPSA) is 61.8 Å². The number of benzene rings is 1. The Labute approximate surface area is 118 Å². The number of aliphatic hydroxyl groups is 1. The van der Waals surface area contributed by atoms with Crippen molar-refractivity contribution in [1.82, 2.24) is 9.55 Å². The zero-order valence-corrected chi connectivity index (χ0v) is 12.1. The molecule has 1 aromatic carbocycles. The average molecular weight is 269 g/mol. The summed E-state index contributed by atoms with van der Waals surface area (Å²) in [5.41, 5.74) is 3.01. The van der Waals surface area contributed by atoms with Gasteiger partial charge < -0.3 is 9.67 Å². The average Bonchev–Trinajstić information content (AvgIpc) is 2.78. The van der Waals surface area contributed by atoms with Gasteiger partial charge in [0.05, 0.1) is 28.5 Å². The maximum atomic E-state index is 9.90. The maximum Gasteiger partial charge on any atom is 0.101 e. The summed E-state index contributed by atoms with van der Waals surface area (Å²) in [6.45, 7) is 6.08. The van der Waals surface area contributed by atoms with Gasteiger partial charge in [0.25, 0.3) is 0 Å². The molecule has 20 heavy (non-hydrogen) atoms. The van der Waals surface area contributed by atoms with Crippen LogP contribution in [0.5, 0.6) is 0 Å². The van der Waals surface area contributed by atoms with E-state index < -0.39 is 5.60 Å². The number of rotatable bonds is 2. The molecule has 1 fully saturated rings. The Morgan fingerprint density at radius 2 is 2.15 bits per heavy atom. The van der Waals surface area contributed by atoms with Crippen LogP contribution in [0.3, 0.4) is 0 Å². The van der Waals surface area contributed by atoms with E-state index >= 15 is 0 Å². The van der Waals surface area contributed by atoms with Crippen molar-refractivity contribution in [3.8, 4) is 6.07 Å². The highest BCUT2D eigenvalue weighted by Gasteiger charge is 2.40. The van der Waals surface area contributed by atoms with E-state index in [0.717, 1.165) is 29.4 Å². The van der Waals surface area contributed by atoms with Crippen molar-refractivity contribution in [1.29, 1.82) is 5.26 Å². The Morgan fingerprint density at radius 3 is 2.70 bits per heavy atom. The molecule has 0 atom stereocenters. The minimum absolute atomic E-state index is 0.243. The second-order valence-corrected chi connectivity index (χ2v) is 6.41. The van der Waals surface area contributed by atoms with Crippen LogP contribution in [0.1, 0.15) is 56.7 Å². The zero-order chi connectivity index (χ0) is 14.5. The molecule has 2 aromatic rings. The van der Waals surface area contributed by atoms with Gasteiger partial charge in [-0.05, 0) is 43.4 Å². The summed E-state index contributed by atoms with van der Waals surface area (Å²) in [7, 11) is 0. The number of fused-ring (bicyclic) bond motifs is 1. The molecular weight excluding hydrogens is 250 g/mol. The first-order chi connectivity index (χ1) is 9.41. The first kappa shape index (κ1) is 13.1. The molecule has 4 heteroatoms. The van der Waals surface area contributed by atoms with Gasteiger partial charge in [-0.2, -0.15) is 5.26 Å². The van der Waals surface area contributed by atoms with Crippen molar-refractivity contribution in [3.63, 3.8) is 0 Å². The SMILES string of the molecule is CC(C)c1cc(C#N)c2c(c1)ncn2C1CC(C)(O)C1. The summed E-state index contributed by atoms with van der Waals surface area (Å²) in [5.74, 6) is 0.376. The molecule has 0 unspecified atom stereocenters. The van der Waals surface area contributed by atoms with E-state index in [2.05, 4.69) is 35.5 Å². The Morgan fingerprint density at radius 1 is 1.45 bits per heavy atom. The van der Waals surface area contributed by atoms with Gasteiger partial charge in [-0.15, -0.1) is 0 Å². The molecule has 0 radical (unpaired) electrons. The predicted octanol–water partition coefficient (Wildman–Crippen LogP) is 3.12. The van der Waals surface area contributed by atoms with Crippen LogP contribution in [-0.4, -0.2) is 20.3 Å². The van der Waals surface area contributed by atoms with E-state index in [1.165, 1.54) is 0 Å². The van der Waals surface area contributed by atoms with Crippen LogP contribution >= 0.6 is 0 Å². The van der Waals surface area contributed by atoms with Gasteiger partial charge in [-0.25, -0.2) is 4.98 Å². The van der Waals surface area contributed by atoms with E-state index in [1.54, 1.807) is 6.33 Å². The first-order valence-electron chi connectivity index (χ1n) is 7.04. The monoisotopic (exact) mass is 269 g/mol. The van der Waals surface area contributed by atoms with Gasteiger partial charge in [-0.3, -0.25) is 0 Å². The van der Waals surface area contributed by atoms with Crippen molar-refractivity contribution in [3.05, 3.63) is 29.6 Å². The molecule has 0 bridgehead atoms. The lowest BCUT2D eigenvalue weighted by Crippen LogP contribution is -2.41. The molecule has 0 amide bonds. The number of hydrogen-bond acceptors (Lipinski definition) is 3. The van der Waals surface area contributed by atoms with Crippen molar-refractivity contribution in [2.75, 3.05) is 0 Å². The van der Waals surface area contributed by atoms with Crippen molar-refractivity contribution >= 4 is 11.0 Å². The number of aromatic nitrogens is 2. The van der Waals surface area contributed by atoms with Gasteiger partial charge >= 0.3 is 0 Å². The molecule has 0 aliphatic heterocycles. The van der Waals surface area contributed by atoms with Gasteiger partial charge in [0, 0.05) is 6.04 Å². The predicted molar refractivity (Wildman–Crippen MR) is 77.4 cm³/mol. The van der Waals surface area contributed by atoms with Gasteiger partial charge in [0.15, 0.2) is 0 Å². The Hall–Kier alpha value is -1.86. The van der Waals surface area contributed by atoms with E-state index in [-0.39, 0.29) is 6.04 Å². The Bertz CT molecular complexity index is 698. The highest BCUT2D eigenvalue weighted by molar-refractivity contribution is 5.83. The molecule has 1 saturated carbocycles. The summed E-state index contributed by atoms with van der Waals surface area (Å²) in [4.78, 5) is 4.45. The summed E-state index contributed by atoms with van der Waals surface area (Å²) in [5, 5.41) is 19.3. The quantitative estimate of drug-likeness (QED) is 0.911. The van der Waals surface area contributed by atoms with Crippen LogP contribution in [0.15, 0.2) is 18.5 Å². The lowest BCUT2D eigenvalue weighted by molar-refractivity contribution is -0.0498. The van der Waals surface area contributed by atoms with E-state index in [4.69, 9.17) is 0 Å². The molecule has 0 saturated heterocycles. The number of hydrogen-bond donors (Lipinski definition) is 1. The molecule has 1 heterocycles. The second-order valence-electron chi connectivity index (χ2n) is 6.41. The van der Waals surface area contributed by atoms with Crippen LogP contribution in [-0.2, 0) is 0 Å². The smallest absolute Gasteiger partial charge is 0.101 e. The van der Waals surface area contributed by atoms with Gasteiger partial charge in [0.1, 0.15) is 6.07 Å². The summed E-state index contributed by atoms with van der Waals surface area (Å²) in [6.07, 6.45) is 3.24. The molecule has 0 spiro atoms. The number of imidazole rings is 1. The van der Waals surface area contributed by atoms with Crippen LogP contribution < -0.4 is 0 Å². The van der Waals surface area contributed by atoms with Crippen molar-refractivity contribution in [2.24, 2.45) is 0 Å². The minimum atomic E-state index is -0.577. The summed E-state index contributed by atoms with van der Waals surface area (Å²) in [6, 6.07) is 6.56. The third kappa shape index (κ3) is 1.99. The Kier molecular flexibility index (Phi) is 2.84. The fraction of sp³-hybridized carbons (Fsp3) is 0.500. The van der Waals surface area contributed by atoms with Crippen LogP contribution in [0.25, 0.3) is 11.0 Å². The molecule has 1 aromatic heterocycles. The van der Waals surface area contributed by atoms with Gasteiger partial charge in [-0.1, -0.05) is 13.8 Å². The van der Waals surface area contributed by atoms with Crippen LogP contribution in [0.2, 0.25) is 0 Å². The largest absolute Gasteiger partial charge is 0.390 e. The zero-order valence-electron chi connectivity index (χ0n) is 12.1. The number of nitriles is 1. The van der Waals surface area contributed by atoms with Crippen molar-refractivity contribution in [2.45, 2.75) is 51.2 Å². The van der Waals surface area contributed by atoms with Crippen LogP contribution in [0.4, 0.5) is 0 Å².